The van der Waals surface area contributed by atoms with Crippen molar-refractivity contribution in [3.8, 4) is 0 Å². The van der Waals surface area contributed by atoms with Gasteiger partial charge >= 0.3 is 0 Å². The molecule has 0 spiro atoms. The van der Waals surface area contributed by atoms with Crippen molar-refractivity contribution < 1.29 is 9.90 Å². The van der Waals surface area contributed by atoms with Gasteiger partial charge in [-0.15, -0.1) is 0 Å². The predicted molar refractivity (Wildman–Crippen MR) is 74.8 cm³/mol. The van der Waals surface area contributed by atoms with E-state index in [9.17, 15) is 9.90 Å². The summed E-state index contributed by atoms with van der Waals surface area (Å²) in [6, 6.07) is 7.41. The van der Waals surface area contributed by atoms with Gasteiger partial charge in [0, 0.05) is 18.2 Å². The summed E-state index contributed by atoms with van der Waals surface area (Å²) in [5.41, 5.74) is 6.41. The summed E-state index contributed by atoms with van der Waals surface area (Å²) >= 11 is 0. The van der Waals surface area contributed by atoms with Crippen LogP contribution in [0.1, 0.15) is 54.1 Å². The Labute approximate surface area is 114 Å². The third-order valence-electron chi connectivity index (χ3n) is 3.76. The Morgan fingerprint density at radius 1 is 1.37 bits per heavy atom. The molecule has 0 radical (unpaired) electrons. The number of carbonyl (C=O) groups excluding carboxylic acids is 1. The Morgan fingerprint density at radius 2 is 2.11 bits per heavy atom. The molecule has 1 aromatic carbocycles. The maximum absolute atomic E-state index is 11.1. The monoisotopic (exact) mass is 262 g/mol. The summed E-state index contributed by atoms with van der Waals surface area (Å²) in [5, 5.41) is 13.5. The maximum Gasteiger partial charge on any atom is 0.248 e. The van der Waals surface area contributed by atoms with Gasteiger partial charge in [-0.25, -0.2) is 0 Å². The summed E-state index contributed by atoms with van der Waals surface area (Å²) in [5.74, 6) is -0.464. The molecule has 1 saturated carbocycles. The second-order valence-corrected chi connectivity index (χ2v) is 5.25. The molecule has 1 aromatic rings. The second kappa shape index (κ2) is 6.68. The Balaban J connectivity index is 1.89. The zero-order chi connectivity index (χ0) is 13.7. The zero-order valence-electron chi connectivity index (χ0n) is 11.1. The Hall–Kier alpha value is -1.39. The molecular weight excluding hydrogens is 240 g/mol. The molecule has 1 aliphatic rings. The minimum Gasteiger partial charge on any atom is -0.387 e. The number of hydrogen-bond donors (Lipinski definition) is 3. The highest BCUT2D eigenvalue weighted by Gasteiger charge is 2.15. The van der Waals surface area contributed by atoms with E-state index in [0.717, 1.165) is 5.56 Å². The number of aliphatic hydroxyl groups is 1. The number of nitrogens with two attached hydrogens (primary N) is 1. The van der Waals surface area contributed by atoms with Crippen molar-refractivity contribution in [2.45, 2.75) is 44.2 Å². The first-order valence-corrected chi connectivity index (χ1v) is 6.98. The molecule has 0 heterocycles. The third kappa shape index (κ3) is 4.04. The smallest absolute Gasteiger partial charge is 0.248 e. The summed E-state index contributed by atoms with van der Waals surface area (Å²) in [4.78, 5) is 11.1. The van der Waals surface area contributed by atoms with Crippen LogP contribution in [0, 0.1) is 0 Å². The fraction of sp³-hybridized carbons (Fsp3) is 0.533. The van der Waals surface area contributed by atoms with Crippen LogP contribution >= 0.6 is 0 Å². The number of aliphatic hydroxyl groups excluding tert-OH is 1. The van der Waals surface area contributed by atoms with E-state index in [1.165, 1.54) is 32.1 Å². The highest BCUT2D eigenvalue weighted by molar-refractivity contribution is 5.92. The van der Waals surface area contributed by atoms with Crippen LogP contribution in [0.3, 0.4) is 0 Å². The lowest BCUT2D eigenvalue weighted by atomic mass is 9.95. The molecule has 1 amide bonds. The van der Waals surface area contributed by atoms with Gasteiger partial charge in [0.1, 0.15) is 0 Å². The lowest BCUT2D eigenvalue weighted by molar-refractivity contribution is 0.1000. The van der Waals surface area contributed by atoms with Gasteiger partial charge < -0.3 is 16.2 Å². The van der Waals surface area contributed by atoms with Crippen LogP contribution in [0.25, 0.3) is 0 Å². The maximum atomic E-state index is 11.1. The van der Waals surface area contributed by atoms with E-state index in [1.54, 1.807) is 18.2 Å². The lowest BCUT2D eigenvalue weighted by Gasteiger charge is -2.24. The van der Waals surface area contributed by atoms with E-state index < -0.39 is 12.0 Å². The van der Waals surface area contributed by atoms with Gasteiger partial charge in [0.05, 0.1) is 6.10 Å². The van der Waals surface area contributed by atoms with Crippen molar-refractivity contribution in [3.63, 3.8) is 0 Å². The molecular formula is C15H22N2O2. The number of primary amides is 1. The summed E-state index contributed by atoms with van der Waals surface area (Å²) in [7, 11) is 0. The lowest BCUT2D eigenvalue weighted by Crippen LogP contribution is -2.34. The van der Waals surface area contributed by atoms with Gasteiger partial charge in [0.25, 0.3) is 0 Å². The largest absolute Gasteiger partial charge is 0.387 e. The molecule has 0 saturated heterocycles. The van der Waals surface area contributed by atoms with E-state index >= 15 is 0 Å². The Morgan fingerprint density at radius 3 is 2.79 bits per heavy atom. The fourth-order valence-electron chi connectivity index (χ4n) is 2.60. The normalized spacial score (nSPS) is 18.2. The number of rotatable bonds is 5. The number of benzene rings is 1. The number of amides is 1. The van der Waals surface area contributed by atoms with Crippen molar-refractivity contribution >= 4 is 5.91 Å². The molecule has 4 nitrogen and oxygen atoms in total. The first kappa shape index (κ1) is 14.0. The quantitative estimate of drug-likeness (QED) is 0.756. The zero-order valence-corrected chi connectivity index (χ0v) is 11.1. The van der Waals surface area contributed by atoms with E-state index in [4.69, 9.17) is 5.73 Å². The van der Waals surface area contributed by atoms with E-state index in [0.29, 0.717) is 18.2 Å². The van der Waals surface area contributed by atoms with Crippen LogP contribution in [0.15, 0.2) is 24.3 Å². The molecule has 19 heavy (non-hydrogen) atoms. The number of carbonyl (C=O) groups is 1. The van der Waals surface area contributed by atoms with E-state index in [2.05, 4.69) is 5.32 Å². The average molecular weight is 262 g/mol. The Bertz CT molecular complexity index is 428. The Kier molecular flexibility index (Phi) is 4.93. The van der Waals surface area contributed by atoms with Crippen molar-refractivity contribution in [1.82, 2.24) is 5.32 Å². The summed E-state index contributed by atoms with van der Waals surface area (Å²) < 4.78 is 0. The number of nitrogens with one attached hydrogen (secondary N) is 1. The highest BCUT2D eigenvalue weighted by Crippen LogP contribution is 2.19. The van der Waals surface area contributed by atoms with Crippen LogP contribution in [0.5, 0.6) is 0 Å². The average Bonchev–Trinajstić information content (AvgIpc) is 2.46. The fourth-order valence-corrected chi connectivity index (χ4v) is 2.60. The summed E-state index contributed by atoms with van der Waals surface area (Å²) in [6.45, 7) is 0.521. The SMILES string of the molecule is NC(=O)c1cccc(C(O)CNC2CCCCC2)c1. The van der Waals surface area contributed by atoms with Crippen molar-refractivity contribution in [2.75, 3.05) is 6.54 Å². The van der Waals surface area contributed by atoms with Gasteiger partial charge in [0.15, 0.2) is 0 Å². The summed E-state index contributed by atoms with van der Waals surface area (Å²) in [6.07, 6.45) is 5.64. The van der Waals surface area contributed by atoms with Crippen LogP contribution < -0.4 is 11.1 Å². The van der Waals surface area contributed by atoms with Gasteiger partial charge in [-0.05, 0) is 30.5 Å². The molecule has 4 heteroatoms. The molecule has 0 bridgehead atoms. The van der Waals surface area contributed by atoms with Crippen LogP contribution in [0.2, 0.25) is 0 Å². The highest BCUT2D eigenvalue weighted by atomic mass is 16.3. The van der Waals surface area contributed by atoms with E-state index in [-0.39, 0.29) is 0 Å². The first-order chi connectivity index (χ1) is 9.16. The van der Waals surface area contributed by atoms with Gasteiger partial charge in [-0.1, -0.05) is 31.4 Å². The third-order valence-corrected chi connectivity index (χ3v) is 3.76. The van der Waals surface area contributed by atoms with E-state index in [1.807, 2.05) is 6.07 Å². The predicted octanol–water partition coefficient (Wildman–Crippen LogP) is 1.74. The van der Waals surface area contributed by atoms with Gasteiger partial charge in [0.2, 0.25) is 5.91 Å². The molecule has 104 valence electrons. The van der Waals surface area contributed by atoms with Crippen LogP contribution in [0.4, 0.5) is 0 Å². The topological polar surface area (TPSA) is 75.4 Å². The minimum absolute atomic E-state index is 0.439. The molecule has 1 fully saturated rings. The van der Waals surface area contributed by atoms with Crippen LogP contribution in [-0.4, -0.2) is 23.6 Å². The van der Waals surface area contributed by atoms with Crippen molar-refractivity contribution in [3.05, 3.63) is 35.4 Å². The molecule has 0 aromatic heterocycles. The molecule has 1 unspecified atom stereocenters. The number of hydrogen-bond acceptors (Lipinski definition) is 3. The second-order valence-electron chi connectivity index (χ2n) is 5.25. The standard InChI is InChI=1S/C15H22N2O2/c16-15(19)12-6-4-5-11(9-12)14(18)10-17-13-7-2-1-3-8-13/h4-6,9,13-14,17-18H,1-3,7-8,10H2,(H2,16,19). The minimum atomic E-state index is -0.596. The van der Waals surface area contributed by atoms with Gasteiger partial charge in [-0.3, -0.25) is 4.79 Å². The van der Waals surface area contributed by atoms with Gasteiger partial charge in [-0.2, -0.15) is 0 Å². The van der Waals surface area contributed by atoms with Crippen LogP contribution in [-0.2, 0) is 0 Å². The van der Waals surface area contributed by atoms with Crippen molar-refractivity contribution in [1.29, 1.82) is 0 Å². The molecule has 1 atom stereocenters. The first-order valence-electron chi connectivity index (χ1n) is 6.98. The molecule has 2 rings (SSSR count). The molecule has 1 aliphatic carbocycles. The molecule has 4 N–H and O–H groups in total. The van der Waals surface area contributed by atoms with Crippen molar-refractivity contribution in [2.24, 2.45) is 5.73 Å². The molecule has 0 aliphatic heterocycles.